The Morgan fingerprint density at radius 1 is 0.741 bits per heavy atom. The summed E-state index contributed by atoms with van der Waals surface area (Å²) in [4.78, 5) is 0. The lowest BCUT2D eigenvalue weighted by atomic mass is 10.2. The molecule has 0 spiro atoms. The third kappa shape index (κ3) is 3.41. The zero-order valence-electron chi connectivity index (χ0n) is 14.0. The summed E-state index contributed by atoms with van der Waals surface area (Å²) in [6.07, 6.45) is 0. The molecule has 0 saturated heterocycles. The summed E-state index contributed by atoms with van der Waals surface area (Å²) in [7, 11) is -3.53. The van der Waals surface area contributed by atoms with E-state index in [0.29, 0.717) is 44.6 Å². The van der Waals surface area contributed by atoms with E-state index in [1.54, 1.807) is 48.5 Å². The molecule has 2 aromatic heterocycles. The maximum absolute atomic E-state index is 12.5. The van der Waals surface area contributed by atoms with Crippen LogP contribution >= 0.6 is 0 Å². The number of hydrogen-bond donors (Lipinski definition) is 0. The van der Waals surface area contributed by atoms with Gasteiger partial charge < -0.3 is 8.83 Å². The summed E-state index contributed by atoms with van der Waals surface area (Å²) in [5, 5.41) is 19.3. The molecule has 0 radical (unpaired) electrons. The molecule has 0 N–H and O–H groups in total. The third-order valence-corrected chi connectivity index (χ3v) is 5.57. The van der Waals surface area contributed by atoms with Gasteiger partial charge in [-0.15, -0.1) is 0 Å². The van der Waals surface area contributed by atoms with Crippen LogP contribution in [0.3, 0.4) is 0 Å². The highest BCUT2D eigenvalue weighted by molar-refractivity contribution is 7.89. The van der Waals surface area contributed by atoms with Crippen LogP contribution in [0.15, 0.2) is 57.4 Å². The molecule has 0 unspecified atom stereocenters. The van der Waals surface area contributed by atoms with E-state index in [0.717, 1.165) is 0 Å². The first-order valence-electron chi connectivity index (χ1n) is 8.01. The van der Waals surface area contributed by atoms with Crippen molar-refractivity contribution in [1.82, 2.24) is 0 Å². The number of sulfone groups is 1. The minimum absolute atomic E-state index is 0.274. The van der Waals surface area contributed by atoms with E-state index in [4.69, 9.17) is 19.4 Å². The van der Waals surface area contributed by atoms with E-state index in [-0.39, 0.29) is 11.5 Å². The highest BCUT2D eigenvalue weighted by Gasteiger charge is 2.19. The summed E-state index contributed by atoms with van der Waals surface area (Å²) in [5.74, 6) is 0.0691. The Morgan fingerprint density at radius 2 is 1.19 bits per heavy atom. The molecule has 2 heterocycles. The van der Waals surface area contributed by atoms with Crippen molar-refractivity contribution in [3.05, 3.63) is 71.2 Å². The summed E-state index contributed by atoms with van der Waals surface area (Å²) >= 11 is 0. The van der Waals surface area contributed by atoms with Gasteiger partial charge in [-0.3, -0.25) is 0 Å². The van der Waals surface area contributed by atoms with Gasteiger partial charge >= 0.3 is 0 Å². The zero-order valence-corrected chi connectivity index (χ0v) is 14.8. The first kappa shape index (κ1) is 16.9. The maximum Gasteiger partial charge on any atom is 0.164 e. The summed E-state index contributed by atoms with van der Waals surface area (Å²) in [5.41, 5.74) is 2.03. The molecular weight excluding hydrogens is 364 g/mol. The van der Waals surface area contributed by atoms with Crippen LogP contribution in [0.2, 0.25) is 0 Å². The van der Waals surface area contributed by atoms with Crippen LogP contribution in [0.4, 0.5) is 0 Å². The molecule has 0 aliphatic carbocycles. The second-order valence-electron chi connectivity index (χ2n) is 6.19. The fourth-order valence-corrected chi connectivity index (χ4v) is 4.22. The molecular formula is C20H12N2O4S. The Kier molecular flexibility index (Phi) is 3.95. The van der Waals surface area contributed by atoms with Crippen molar-refractivity contribution in [3.8, 4) is 12.1 Å². The van der Waals surface area contributed by atoms with Gasteiger partial charge in [0.15, 0.2) is 9.84 Å². The van der Waals surface area contributed by atoms with Crippen LogP contribution in [0.1, 0.15) is 22.6 Å². The second kappa shape index (κ2) is 6.31. The quantitative estimate of drug-likeness (QED) is 0.532. The van der Waals surface area contributed by atoms with Gasteiger partial charge in [-0.1, -0.05) is 0 Å². The smallest absolute Gasteiger partial charge is 0.164 e. The number of hydrogen-bond acceptors (Lipinski definition) is 6. The summed E-state index contributed by atoms with van der Waals surface area (Å²) < 4.78 is 36.2. The van der Waals surface area contributed by atoms with Crippen LogP contribution in [-0.4, -0.2) is 8.42 Å². The zero-order chi connectivity index (χ0) is 19.0. The predicted molar refractivity (Wildman–Crippen MR) is 98.2 cm³/mol. The lowest BCUT2D eigenvalue weighted by Crippen LogP contribution is -2.06. The topological polar surface area (TPSA) is 108 Å². The first-order chi connectivity index (χ1) is 13.0. The van der Waals surface area contributed by atoms with Gasteiger partial charge in [0.05, 0.1) is 23.3 Å². The van der Waals surface area contributed by atoms with Gasteiger partial charge in [0.2, 0.25) is 0 Å². The average Bonchev–Trinajstić information content (AvgIpc) is 3.21. The van der Waals surface area contributed by atoms with Crippen LogP contribution in [-0.2, 0) is 21.3 Å². The van der Waals surface area contributed by atoms with Crippen molar-refractivity contribution in [1.29, 1.82) is 10.5 Å². The number of benzene rings is 2. The molecule has 4 aromatic rings. The fraction of sp³-hybridized carbons (Fsp3) is 0.100. The molecule has 0 atom stereocenters. The standard InChI is InChI=1S/C20H12N2O4S/c21-9-13-1-3-19-15(5-13)7-17(25-19)11-27(23,24)12-18-8-16-6-14(10-22)2-4-20(16)26-18/h1-8H,11-12H2. The molecule has 0 amide bonds. The Hall–Kier alpha value is -3.55. The Morgan fingerprint density at radius 3 is 1.59 bits per heavy atom. The maximum atomic E-state index is 12.5. The molecule has 0 fully saturated rings. The predicted octanol–water partition coefficient (Wildman–Crippen LogP) is 4.04. The van der Waals surface area contributed by atoms with Crippen LogP contribution in [0.5, 0.6) is 0 Å². The lowest BCUT2D eigenvalue weighted by Gasteiger charge is -1.99. The van der Waals surface area contributed by atoms with E-state index in [2.05, 4.69) is 0 Å². The third-order valence-electron chi connectivity index (χ3n) is 4.12. The first-order valence-corrected chi connectivity index (χ1v) is 9.83. The van der Waals surface area contributed by atoms with Crippen LogP contribution < -0.4 is 0 Å². The molecule has 7 heteroatoms. The molecule has 4 rings (SSSR count). The van der Waals surface area contributed by atoms with Gasteiger partial charge in [-0.05, 0) is 48.5 Å². The van der Waals surface area contributed by atoms with E-state index in [1.165, 1.54) is 0 Å². The largest absolute Gasteiger partial charge is 0.460 e. The van der Waals surface area contributed by atoms with Crippen molar-refractivity contribution < 1.29 is 17.3 Å². The van der Waals surface area contributed by atoms with E-state index >= 15 is 0 Å². The van der Waals surface area contributed by atoms with Crippen molar-refractivity contribution in [3.63, 3.8) is 0 Å². The molecule has 0 bridgehead atoms. The molecule has 6 nitrogen and oxygen atoms in total. The number of furan rings is 2. The Balaban J connectivity index is 1.59. The SMILES string of the molecule is N#Cc1ccc2oc(CS(=O)(=O)Cc3cc4cc(C#N)ccc4o3)cc2c1. The van der Waals surface area contributed by atoms with Gasteiger partial charge in [0, 0.05) is 10.8 Å². The van der Waals surface area contributed by atoms with Crippen LogP contribution in [0, 0.1) is 22.7 Å². The van der Waals surface area contributed by atoms with E-state index in [1.807, 2.05) is 12.1 Å². The highest BCUT2D eigenvalue weighted by atomic mass is 32.2. The molecule has 27 heavy (non-hydrogen) atoms. The summed E-state index contributed by atoms with van der Waals surface area (Å²) in [6, 6.07) is 17.2. The van der Waals surface area contributed by atoms with Gasteiger partial charge in [-0.2, -0.15) is 10.5 Å². The number of nitrogens with zero attached hydrogens (tertiary/aromatic N) is 2. The number of fused-ring (bicyclic) bond motifs is 2. The minimum atomic E-state index is -3.53. The summed E-state index contributed by atoms with van der Waals surface area (Å²) in [6.45, 7) is 0. The van der Waals surface area contributed by atoms with E-state index in [9.17, 15) is 8.42 Å². The van der Waals surface area contributed by atoms with E-state index < -0.39 is 9.84 Å². The second-order valence-corrected chi connectivity index (χ2v) is 8.25. The van der Waals surface area contributed by atoms with Crippen molar-refractivity contribution in [2.45, 2.75) is 11.5 Å². The van der Waals surface area contributed by atoms with Gasteiger partial charge in [-0.25, -0.2) is 8.42 Å². The lowest BCUT2D eigenvalue weighted by molar-refractivity contribution is 0.541. The molecule has 0 aliphatic rings. The van der Waals surface area contributed by atoms with Crippen molar-refractivity contribution >= 4 is 31.8 Å². The number of rotatable bonds is 4. The molecule has 132 valence electrons. The minimum Gasteiger partial charge on any atom is -0.460 e. The normalized spacial score (nSPS) is 11.5. The molecule has 2 aromatic carbocycles. The van der Waals surface area contributed by atoms with Crippen molar-refractivity contribution in [2.24, 2.45) is 0 Å². The monoisotopic (exact) mass is 376 g/mol. The van der Waals surface area contributed by atoms with Crippen molar-refractivity contribution in [2.75, 3.05) is 0 Å². The number of nitriles is 2. The Labute approximate surface area is 154 Å². The average molecular weight is 376 g/mol. The van der Waals surface area contributed by atoms with Gasteiger partial charge in [0.25, 0.3) is 0 Å². The van der Waals surface area contributed by atoms with Crippen LogP contribution in [0.25, 0.3) is 21.9 Å². The fourth-order valence-electron chi connectivity index (χ4n) is 2.96. The molecule has 0 aliphatic heterocycles. The highest BCUT2D eigenvalue weighted by Crippen LogP contribution is 2.25. The Bertz CT molecular complexity index is 1260. The molecule has 0 saturated carbocycles. The van der Waals surface area contributed by atoms with Gasteiger partial charge in [0.1, 0.15) is 34.2 Å².